The zero-order valence-electron chi connectivity index (χ0n) is 13.8. The second-order valence-corrected chi connectivity index (χ2v) is 8.82. The van der Waals surface area contributed by atoms with E-state index in [1.54, 1.807) is 6.92 Å². The second-order valence-electron chi connectivity index (χ2n) is 5.99. The minimum atomic E-state index is -5.27. The lowest BCUT2D eigenvalue weighted by molar-refractivity contribution is -0.0770. The van der Waals surface area contributed by atoms with Crippen molar-refractivity contribution in [3.05, 3.63) is 0 Å². The molecule has 0 bridgehead atoms. The van der Waals surface area contributed by atoms with Crippen molar-refractivity contribution in [3.63, 3.8) is 0 Å². The Labute approximate surface area is 152 Å². The molecule has 0 radical (unpaired) electrons. The molecule has 3 aliphatic heterocycles. The van der Waals surface area contributed by atoms with Crippen molar-refractivity contribution in [2.45, 2.75) is 43.7 Å². The molecule has 1 fully saturated rings. The largest absolute Gasteiger partial charge is 0.481 e. The van der Waals surface area contributed by atoms with Crippen molar-refractivity contribution >= 4 is 34.0 Å². The van der Waals surface area contributed by atoms with E-state index in [0.717, 1.165) is 0 Å². The molecule has 1 saturated heterocycles. The Bertz CT molecular complexity index is 768. The molecule has 3 heterocycles. The van der Waals surface area contributed by atoms with Crippen LogP contribution >= 0.6 is 15.6 Å². The predicted molar refractivity (Wildman–Crippen MR) is 89.1 cm³/mol. The SMILES string of the molecule is CC1=NC=NC2C1N=CN2[C@@H]1O[C@H](COP(=O)(O)OP(=O)(O)O)[C@@H](O)[C@H]1O. The fourth-order valence-electron chi connectivity index (χ4n) is 2.86. The molecule has 3 unspecified atom stereocenters. The Hall–Kier alpha value is -1.05. The Balaban J connectivity index is 1.64. The summed E-state index contributed by atoms with van der Waals surface area (Å²) in [6, 6.07) is -0.368. The molecule has 27 heavy (non-hydrogen) atoms. The van der Waals surface area contributed by atoms with E-state index in [9.17, 15) is 24.2 Å². The maximum absolute atomic E-state index is 11.5. The highest BCUT2D eigenvalue weighted by Crippen LogP contribution is 2.57. The van der Waals surface area contributed by atoms with Crippen LogP contribution in [-0.2, 0) is 22.7 Å². The molecule has 3 aliphatic rings. The van der Waals surface area contributed by atoms with Gasteiger partial charge in [0.2, 0.25) is 0 Å². The highest BCUT2D eigenvalue weighted by atomic mass is 31.3. The van der Waals surface area contributed by atoms with Gasteiger partial charge in [-0.1, -0.05) is 0 Å². The zero-order valence-corrected chi connectivity index (χ0v) is 15.6. The van der Waals surface area contributed by atoms with Gasteiger partial charge >= 0.3 is 15.6 Å². The highest BCUT2D eigenvalue weighted by molar-refractivity contribution is 7.60. The lowest BCUT2D eigenvalue weighted by atomic mass is 10.1. The minimum Gasteiger partial charge on any atom is -0.387 e. The Kier molecular flexibility index (Phi) is 5.67. The number of aliphatic imine (C=N–C) groups is 3. The summed E-state index contributed by atoms with van der Waals surface area (Å²) in [4.78, 5) is 40.3. The summed E-state index contributed by atoms with van der Waals surface area (Å²) in [7, 11) is -10.4. The van der Waals surface area contributed by atoms with Crippen LogP contribution in [0, 0.1) is 0 Å². The van der Waals surface area contributed by atoms with Gasteiger partial charge in [-0.2, -0.15) is 4.31 Å². The van der Waals surface area contributed by atoms with Crippen LogP contribution in [0.15, 0.2) is 15.0 Å². The van der Waals surface area contributed by atoms with E-state index >= 15 is 0 Å². The van der Waals surface area contributed by atoms with Crippen LogP contribution in [-0.4, -0.2) is 91.5 Å². The van der Waals surface area contributed by atoms with E-state index in [4.69, 9.17) is 14.5 Å². The topological polar surface area (TPSA) is 203 Å². The first-order valence-corrected chi connectivity index (χ1v) is 10.6. The summed E-state index contributed by atoms with van der Waals surface area (Å²) < 4.78 is 35.7. The molecular formula is C11H18N4O10P2. The molecule has 0 aromatic rings. The third-order valence-electron chi connectivity index (χ3n) is 4.10. The normalized spacial score (nSPS) is 38.0. The fraction of sp³-hybridized carbons (Fsp3) is 0.727. The van der Waals surface area contributed by atoms with Crippen LogP contribution in [0.3, 0.4) is 0 Å². The maximum atomic E-state index is 11.5. The second kappa shape index (κ2) is 7.41. The molecule has 14 nitrogen and oxygen atoms in total. The lowest BCUT2D eigenvalue weighted by Gasteiger charge is -2.31. The van der Waals surface area contributed by atoms with Gasteiger partial charge in [-0.05, 0) is 6.92 Å². The van der Waals surface area contributed by atoms with Gasteiger partial charge in [0.1, 0.15) is 30.7 Å². The van der Waals surface area contributed by atoms with E-state index in [1.807, 2.05) is 0 Å². The van der Waals surface area contributed by atoms with Crippen LogP contribution in [0.4, 0.5) is 0 Å². The number of nitrogens with zero attached hydrogens (tertiary/aromatic N) is 4. The molecule has 5 N–H and O–H groups in total. The minimum absolute atomic E-state index is 0.368. The van der Waals surface area contributed by atoms with E-state index in [0.29, 0.717) is 5.71 Å². The van der Waals surface area contributed by atoms with E-state index in [2.05, 4.69) is 23.8 Å². The molecule has 7 atom stereocenters. The Morgan fingerprint density at radius 3 is 2.59 bits per heavy atom. The van der Waals surface area contributed by atoms with Gasteiger partial charge in [0, 0.05) is 5.71 Å². The van der Waals surface area contributed by atoms with Gasteiger partial charge in [-0.25, -0.2) is 19.1 Å². The average Bonchev–Trinajstić information content (AvgIpc) is 3.07. The van der Waals surface area contributed by atoms with Gasteiger partial charge in [0.25, 0.3) is 0 Å². The summed E-state index contributed by atoms with van der Waals surface area (Å²) in [5.41, 5.74) is 0.706. The monoisotopic (exact) mass is 428 g/mol. The van der Waals surface area contributed by atoms with Crippen LogP contribution in [0.5, 0.6) is 0 Å². The first-order valence-electron chi connectivity index (χ1n) is 7.61. The molecule has 16 heteroatoms. The first kappa shape index (κ1) is 20.7. The average molecular weight is 428 g/mol. The summed E-state index contributed by atoms with van der Waals surface area (Å²) in [6.07, 6.45) is -3.10. The Morgan fingerprint density at radius 2 is 1.93 bits per heavy atom. The number of hydrogen-bond acceptors (Lipinski definition) is 11. The quantitative estimate of drug-likeness (QED) is 0.299. The van der Waals surface area contributed by atoms with Crippen LogP contribution in [0.1, 0.15) is 6.92 Å². The number of phosphoric ester groups is 1. The molecular weight excluding hydrogens is 410 g/mol. The van der Waals surface area contributed by atoms with Crippen LogP contribution in [0.25, 0.3) is 0 Å². The molecule has 0 aromatic carbocycles. The highest BCUT2D eigenvalue weighted by Gasteiger charge is 2.50. The molecule has 0 aliphatic carbocycles. The molecule has 0 spiro atoms. The Morgan fingerprint density at radius 1 is 1.22 bits per heavy atom. The van der Waals surface area contributed by atoms with Crippen molar-refractivity contribution in [2.75, 3.05) is 6.61 Å². The smallest absolute Gasteiger partial charge is 0.387 e. The number of fused-ring (bicyclic) bond motifs is 1. The summed E-state index contributed by atoms with van der Waals surface area (Å²) in [5, 5.41) is 20.4. The van der Waals surface area contributed by atoms with E-state index < -0.39 is 53.0 Å². The van der Waals surface area contributed by atoms with Crippen LogP contribution < -0.4 is 0 Å². The number of aliphatic hydroxyl groups excluding tert-OH is 2. The van der Waals surface area contributed by atoms with Gasteiger partial charge in [-0.15, -0.1) is 0 Å². The van der Waals surface area contributed by atoms with Crippen molar-refractivity contribution in [1.29, 1.82) is 0 Å². The molecule has 0 aromatic heterocycles. The van der Waals surface area contributed by atoms with Crippen molar-refractivity contribution in [2.24, 2.45) is 15.0 Å². The standard InChI is InChI=1S/C11H18N4O10P2/c1-5-7-10(13-3-12-5)15(4-14-7)11-9(17)8(16)6(24-11)2-23-27(21,22)25-26(18,19)20/h3-4,6-11,16-17H,2H2,1H3,(H,21,22)(H2,18,19,20)/t6-,7?,8-,9-,10?,11-/m1/s1. The third-order valence-corrected chi connectivity index (χ3v) is 6.25. The summed E-state index contributed by atoms with van der Waals surface area (Å²) in [5.74, 6) is 0. The molecule has 3 rings (SSSR count). The zero-order chi connectivity index (χ0) is 20.0. The number of aliphatic hydroxyl groups is 2. The van der Waals surface area contributed by atoms with Crippen molar-refractivity contribution in [1.82, 2.24) is 4.90 Å². The number of rotatable bonds is 6. The molecule has 0 amide bonds. The third kappa shape index (κ3) is 4.51. The number of phosphoric acid groups is 2. The van der Waals surface area contributed by atoms with Crippen molar-refractivity contribution < 1.29 is 47.6 Å². The predicted octanol–water partition coefficient (Wildman–Crippen LogP) is -1.80. The van der Waals surface area contributed by atoms with E-state index in [1.165, 1.54) is 17.6 Å². The van der Waals surface area contributed by atoms with Gasteiger partial charge in [0.15, 0.2) is 12.4 Å². The fourth-order valence-corrected chi connectivity index (χ4v) is 4.46. The summed E-state index contributed by atoms with van der Waals surface area (Å²) in [6.45, 7) is 0.992. The van der Waals surface area contributed by atoms with E-state index in [-0.39, 0.29) is 6.04 Å². The molecule has 152 valence electrons. The van der Waals surface area contributed by atoms with Crippen molar-refractivity contribution in [3.8, 4) is 0 Å². The maximum Gasteiger partial charge on any atom is 0.481 e. The van der Waals surface area contributed by atoms with Gasteiger partial charge in [-0.3, -0.25) is 9.52 Å². The molecule has 0 saturated carbocycles. The van der Waals surface area contributed by atoms with Gasteiger partial charge in [0.05, 0.1) is 12.9 Å². The van der Waals surface area contributed by atoms with Crippen LogP contribution in [0.2, 0.25) is 0 Å². The lowest BCUT2D eigenvalue weighted by Crippen LogP contribution is -2.50. The number of hydrogen-bond donors (Lipinski definition) is 5. The first-order chi connectivity index (χ1) is 12.5. The summed E-state index contributed by atoms with van der Waals surface area (Å²) >= 11 is 0. The number of ether oxygens (including phenoxy) is 1. The van der Waals surface area contributed by atoms with Gasteiger partial charge < -0.3 is 34.5 Å².